The molecule has 3 rings (SSSR count). The van der Waals surface area contributed by atoms with Gasteiger partial charge >= 0.3 is 5.97 Å². The van der Waals surface area contributed by atoms with Gasteiger partial charge in [-0.2, -0.15) is 0 Å². The van der Waals surface area contributed by atoms with Gasteiger partial charge < -0.3 is 19.4 Å². The number of aryl methyl sites for hydroxylation is 1. The zero-order valence-electron chi connectivity index (χ0n) is 16.8. The molecule has 1 N–H and O–H groups in total. The number of hydrogen-bond acceptors (Lipinski definition) is 4. The largest absolute Gasteiger partial charge is 0.497 e. The number of nitrogens with zero attached hydrogens (tertiary/aromatic N) is 1. The van der Waals surface area contributed by atoms with Crippen LogP contribution in [0.1, 0.15) is 27.3 Å². The summed E-state index contributed by atoms with van der Waals surface area (Å²) in [5.74, 6) is -0.118. The first-order valence-electron chi connectivity index (χ1n) is 9.30. The molecular weight excluding hydrogens is 368 g/mol. The van der Waals surface area contributed by atoms with Crippen LogP contribution >= 0.6 is 0 Å². The van der Waals surface area contributed by atoms with Gasteiger partial charge in [-0.3, -0.25) is 4.79 Å². The fraction of sp³-hybridized carbons (Fsp3) is 0.217. The van der Waals surface area contributed by atoms with Crippen molar-refractivity contribution in [3.05, 3.63) is 83.2 Å². The minimum atomic E-state index is -0.514. The molecule has 150 valence electrons. The molecule has 0 saturated carbocycles. The van der Waals surface area contributed by atoms with Crippen LogP contribution in [0.15, 0.2) is 60.7 Å². The average Bonchev–Trinajstić information content (AvgIpc) is 3.05. The van der Waals surface area contributed by atoms with Gasteiger partial charge in [0.15, 0.2) is 6.61 Å². The summed E-state index contributed by atoms with van der Waals surface area (Å²) >= 11 is 0. The zero-order valence-corrected chi connectivity index (χ0v) is 16.8. The Morgan fingerprint density at radius 3 is 2.34 bits per heavy atom. The molecule has 0 saturated heterocycles. The van der Waals surface area contributed by atoms with Gasteiger partial charge in [0.05, 0.1) is 12.7 Å². The molecule has 0 aliphatic carbocycles. The van der Waals surface area contributed by atoms with Gasteiger partial charge in [-0.25, -0.2) is 4.79 Å². The summed E-state index contributed by atoms with van der Waals surface area (Å²) in [7, 11) is 1.60. The standard InChI is InChI=1S/C23H24N2O4/c1-16-13-21(17(2)25(16)19-7-5-4-6-8-19)23(27)29-15-22(26)24-14-18-9-11-20(28-3)12-10-18/h4-13H,14-15H2,1-3H3,(H,24,26). The zero-order chi connectivity index (χ0) is 20.8. The quantitative estimate of drug-likeness (QED) is 0.624. The average molecular weight is 392 g/mol. The van der Waals surface area contributed by atoms with E-state index in [1.165, 1.54) is 0 Å². The number of hydrogen-bond donors (Lipinski definition) is 1. The number of methoxy groups -OCH3 is 1. The van der Waals surface area contributed by atoms with Crippen LogP contribution in [-0.4, -0.2) is 30.2 Å². The fourth-order valence-electron chi connectivity index (χ4n) is 3.15. The Balaban J connectivity index is 1.57. The third-order valence-corrected chi connectivity index (χ3v) is 4.65. The molecule has 29 heavy (non-hydrogen) atoms. The Labute approximate surface area is 170 Å². The maximum atomic E-state index is 12.5. The Bertz CT molecular complexity index is 992. The molecule has 0 bridgehead atoms. The van der Waals surface area contributed by atoms with Crippen molar-refractivity contribution in [1.82, 2.24) is 9.88 Å². The molecule has 0 spiro atoms. The minimum absolute atomic E-state index is 0.329. The molecule has 1 amide bonds. The number of carbonyl (C=O) groups is 2. The summed E-state index contributed by atoms with van der Waals surface area (Å²) in [6.45, 7) is 3.81. The van der Waals surface area contributed by atoms with Gasteiger partial charge in [0.2, 0.25) is 0 Å². The van der Waals surface area contributed by atoms with Crippen LogP contribution in [-0.2, 0) is 16.1 Å². The van der Waals surface area contributed by atoms with E-state index in [0.717, 1.165) is 28.4 Å². The summed E-state index contributed by atoms with van der Waals surface area (Å²) < 4.78 is 12.3. The van der Waals surface area contributed by atoms with Crippen molar-refractivity contribution >= 4 is 11.9 Å². The smallest absolute Gasteiger partial charge is 0.340 e. The number of ether oxygens (including phenoxy) is 2. The van der Waals surface area contributed by atoms with Crippen LogP contribution in [0.25, 0.3) is 5.69 Å². The fourth-order valence-corrected chi connectivity index (χ4v) is 3.15. The van der Waals surface area contributed by atoms with Gasteiger partial charge in [0.25, 0.3) is 5.91 Å². The number of esters is 1. The monoisotopic (exact) mass is 392 g/mol. The van der Waals surface area contributed by atoms with Crippen LogP contribution in [0.4, 0.5) is 0 Å². The van der Waals surface area contributed by atoms with Crippen molar-refractivity contribution in [1.29, 1.82) is 0 Å². The Morgan fingerprint density at radius 2 is 1.69 bits per heavy atom. The number of amides is 1. The van der Waals surface area contributed by atoms with Gasteiger partial charge in [0.1, 0.15) is 5.75 Å². The number of rotatable bonds is 7. The lowest BCUT2D eigenvalue weighted by Gasteiger charge is -2.10. The van der Waals surface area contributed by atoms with E-state index in [-0.39, 0.29) is 12.5 Å². The molecular formula is C23H24N2O4. The van der Waals surface area contributed by atoms with Crippen molar-refractivity contribution in [3.63, 3.8) is 0 Å². The molecule has 0 unspecified atom stereocenters. The van der Waals surface area contributed by atoms with Crippen LogP contribution in [0, 0.1) is 13.8 Å². The van der Waals surface area contributed by atoms with E-state index in [0.29, 0.717) is 12.1 Å². The van der Waals surface area contributed by atoms with Gasteiger partial charge in [-0.05, 0) is 49.7 Å². The molecule has 0 radical (unpaired) electrons. The lowest BCUT2D eigenvalue weighted by atomic mass is 10.2. The van der Waals surface area contributed by atoms with E-state index < -0.39 is 5.97 Å². The van der Waals surface area contributed by atoms with Gasteiger partial charge in [-0.1, -0.05) is 30.3 Å². The van der Waals surface area contributed by atoms with E-state index in [4.69, 9.17) is 9.47 Å². The SMILES string of the molecule is COc1ccc(CNC(=O)COC(=O)c2cc(C)n(-c3ccccc3)c2C)cc1. The van der Waals surface area contributed by atoms with E-state index in [9.17, 15) is 9.59 Å². The second-order valence-electron chi connectivity index (χ2n) is 6.66. The lowest BCUT2D eigenvalue weighted by molar-refractivity contribution is -0.124. The topological polar surface area (TPSA) is 69.6 Å². The van der Waals surface area contributed by atoms with E-state index >= 15 is 0 Å². The van der Waals surface area contributed by atoms with Crippen molar-refractivity contribution < 1.29 is 19.1 Å². The Kier molecular flexibility index (Phi) is 6.34. The predicted molar refractivity (Wildman–Crippen MR) is 110 cm³/mol. The van der Waals surface area contributed by atoms with Crippen LogP contribution < -0.4 is 10.1 Å². The normalized spacial score (nSPS) is 10.4. The molecule has 0 fully saturated rings. The molecule has 1 heterocycles. The molecule has 0 aliphatic rings. The number of nitrogens with one attached hydrogen (secondary N) is 1. The second-order valence-corrected chi connectivity index (χ2v) is 6.66. The third-order valence-electron chi connectivity index (χ3n) is 4.65. The molecule has 6 nitrogen and oxygen atoms in total. The minimum Gasteiger partial charge on any atom is -0.497 e. The van der Waals surface area contributed by atoms with E-state index in [1.54, 1.807) is 13.2 Å². The van der Waals surface area contributed by atoms with Crippen molar-refractivity contribution in [2.45, 2.75) is 20.4 Å². The molecule has 0 aliphatic heterocycles. The lowest BCUT2D eigenvalue weighted by Crippen LogP contribution is -2.28. The maximum absolute atomic E-state index is 12.5. The molecule has 2 aromatic carbocycles. The van der Waals surface area contributed by atoms with E-state index in [1.807, 2.05) is 73.0 Å². The van der Waals surface area contributed by atoms with Crippen molar-refractivity contribution in [2.75, 3.05) is 13.7 Å². The van der Waals surface area contributed by atoms with Crippen molar-refractivity contribution in [2.24, 2.45) is 0 Å². The highest BCUT2D eigenvalue weighted by Gasteiger charge is 2.18. The number of benzene rings is 2. The molecule has 3 aromatic rings. The number of para-hydroxylation sites is 1. The predicted octanol–water partition coefficient (Wildman–Crippen LogP) is 3.58. The van der Waals surface area contributed by atoms with E-state index in [2.05, 4.69) is 5.32 Å². The highest BCUT2D eigenvalue weighted by Crippen LogP contribution is 2.21. The first kappa shape index (κ1) is 20.2. The highest BCUT2D eigenvalue weighted by atomic mass is 16.5. The van der Waals surface area contributed by atoms with Crippen LogP contribution in [0.2, 0.25) is 0 Å². The number of carbonyl (C=O) groups excluding carboxylic acids is 2. The highest BCUT2D eigenvalue weighted by molar-refractivity contribution is 5.93. The van der Waals surface area contributed by atoms with Crippen LogP contribution in [0.5, 0.6) is 5.75 Å². The Morgan fingerprint density at radius 1 is 1.00 bits per heavy atom. The summed E-state index contributed by atoms with van der Waals surface area (Å²) in [4.78, 5) is 24.5. The first-order chi connectivity index (χ1) is 14.0. The second kappa shape index (κ2) is 9.10. The van der Waals surface area contributed by atoms with Gasteiger partial charge in [0, 0.05) is 23.6 Å². The van der Waals surface area contributed by atoms with Crippen LogP contribution in [0.3, 0.4) is 0 Å². The molecule has 0 atom stereocenters. The van der Waals surface area contributed by atoms with Crippen molar-refractivity contribution in [3.8, 4) is 11.4 Å². The Hall–Kier alpha value is -3.54. The maximum Gasteiger partial charge on any atom is 0.340 e. The summed E-state index contributed by atoms with van der Waals surface area (Å²) in [6, 6.07) is 18.9. The third kappa shape index (κ3) is 4.85. The summed E-state index contributed by atoms with van der Waals surface area (Å²) in [6.07, 6.45) is 0. The molecule has 6 heteroatoms. The molecule has 1 aromatic heterocycles. The van der Waals surface area contributed by atoms with Gasteiger partial charge in [-0.15, -0.1) is 0 Å². The summed E-state index contributed by atoms with van der Waals surface area (Å²) in [5.41, 5.74) is 4.05. The first-order valence-corrected chi connectivity index (χ1v) is 9.30. The number of aromatic nitrogens is 1. The summed E-state index contributed by atoms with van der Waals surface area (Å²) in [5, 5.41) is 2.74.